The first-order valence-electron chi connectivity index (χ1n) is 17.0. The lowest BCUT2D eigenvalue weighted by molar-refractivity contribution is 0.422. The molecule has 2 N–H and O–H groups in total. The van der Waals surface area contributed by atoms with E-state index < -0.39 is 0 Å². The van der Waals surface area contributed by atoms with Gasteiger partial charge < -0.3 is 10.2 Å². The lowest BCUT2D eigenvalue weighted by Crippen LogP contribution is -2.19. The molecule has 47 heavy (non-hydrogen) atoms. The van der Waals surface area contributed by atoms with Crippen LogP contribution in [0.5, 0.6) is 11.5 Å². The first-order valence-corrected chi connectivity index (χ1v) is 18.0. The third-order valence-electron chi connectivity index (χ3n) is 9.13. The standard InChI is InChI=1S/C44H58O2S/c1-27-15-19-29(20-16-27)39(31-23-33(41(3,4)5)37(45)34(24-31)42(6,7)8)47-40(30-21-17-28(2)18-22-30)32-25-35(43(9,10)11)38(46)36(26-32)44(12,13)14/h15-26,39-40,45-46H,1-14H3. The Morgan fingerprint density at radius 2 is 0.638 bits per heavy atom. The Morgan fingerprint density at radius 3 is 0.851 bits per heavy atom. The van der Waals surface area contributed by atoms with Crippen LogP contribution in [0.3, 0.4) is 0 Å². The van der Waals surface area contributed by atoms with Gasteiger partial charge in [0.1, 0.15) is 11.5 Å². The van der Waals surface area contributed by atoms with Crippen LogP contribution in [-0.4, -0.2) is 10.2 Å². The van der Waals surface area contributed by atoms with Crippen molar-refractivity contribution in [2.45, 2.75) is 129 Å². The molecule has 252 valence electrons. The van der Waals surface area contributed by atoms with Gasteiger partial charge in [-0.1, -0.05) is 167 Å². The molecule has 4 aromatic carbocycles. The highest BCUT2D eigenvalue weighted by Crippen LogP contribution is 2.52. The van der Waals surface area contributed by atoms with Crippen molar-refractivity contribution in [3.05, 3.63) is 128 Å². The lowest BCUT2D eigenvalue weighted by Gasteiger charge is -2.33. The summed E-state index contributed by atoms with van der Waals surface area (Å²) < 4.78 is 0. The van der Waals surface area contributed by atoms with E-state index in [1.807, 2.05) is 11.8 Å². The van der Waals surface area contributed by atoms with Crippen molar-refractivity contribution >= 4 is 11.8 Å². The Morgan fingerprint density at radius 1 is 0.404 bits per heavy atom. The summed E-state index contributed by atoms with van der Waals surface area (Å²) in [5.41, 5.74) is 10.2. The Hall–Kier alpha value is -3.17. The van der Waals surface area contributed by atoms with Gasteiger partial charge in [0.05, 0.1) is 10.5 Å². The molecular weight excluding hydrogens is 593 g/mol. The van der Waals surface area contributed by atoms with E-state index >= 15 is 0 Å². The van der Waals surface area contributed by atoms with Crippen molar-refractivity contribution in [1.29, 1.82) is 0 Å². The fourth-order valence-electron chi connectivity index (χ4n) is 6.22. The van der Waals surface area contributed by atoms with Gasteiger partial charge in [-0.05, 0) is 80.0 Å². The highest BCUT2D eigenvalue weighted by molar-refractivity contribution is 8.00. The highest BCUT2D eigenvalue weighted by Gasteiger charge is 2.33. The zero-order valence-corrected chi connectivity index (χ0v) is 32.2. The normalized spacial score (nSPS) is 14.3. The molecule has 0 aromatic heterocycles. The highest BCUT2D eigenvalue weighted by atomic mass is 32.2. The summed E-state index contributed by atoms with van der Waals surface area (Å²) in [5, 5.41) is 23.3. The smallest absolute Gasteiger partial charge is 0.123 e. The summed E-state index contributed by atoms with van der Waals surface area (Å²) in [4.78, 5) is 0. The third kappa shape index (κ3) is 8.29. The van der Waals surface area contributed by atoms with E-state index in [-0.39, 0.29) is 32.2 Å². The van der Waals surface area contributed by atoms with E-state index in [9.17, 15) is 10.2 Å². The van der Waals surface area contributed by atoms with Crippen molar-refractivity contribution in [3.63, 3.8) is 0 Å². The van der Waals surface area contributed by atoms with Crippen LogP contribution in [0.4, 0.5) is 0 Å². The number of hydrogen-bond donors (Lipinski definition) is 2. The van der Waals surface area contributed by atoms with Crippen molar-refractivity contribution in [2.24, 2.45) is 0 Å². The summed E-state index contributed by atoms with van der Waals surface area (Å²) in [7, 11) is 0. The van der Waals surface area contributed by atoms with E-state index in [1.165, 1.54) is 33.4 Å². The molecule has 0 fully saturated rings. The number of aromatic hydroxyl groups is 2. The van der Waals surface area contributed by atoms with Crippen LogP contribution in [0.15, 0.2) is 72.8 Å². The molecule has 2 nitrogen and oxygen atoms in total. The van der Waals surface area contributed by atoms with Gasteiger partial charge >= 0.3 is 0 Å². The molecule has 4 aromatic rings. The maximum atomic E-state index is 11.6. The summed E-state index contributed by atoms with van der Waals surface area (Å²) in [6, 6.07) is 26.8. The van der Waals surface area contributed by atoms with Crippen LogP contribution >= 0.6 is 11.8 Å². The van der Waals surface area contributed by atoms with Crippen LogP contribution in [0.2, 0.25) is 0 Å². The van der Waals surface area contributed by atoms with Gasteiger partial charge in [-0.15, -0.1) is 11.8 Å². The topological polar surface area (TPSA) is 40.5 Å². The number of benzene rings is 4. The Kier molecular flexibility index (Phi) is 10.2. The van der Waals surface area contributed by atoms with E-state index in [1.54, 1.807) is 0 Å². The molecule has 2 atom stereocenters. The van der Waals surface area contributed by atoms with Gasteiger partial charge in [-0.2, -0.15) is 0 Å². The number of thioether (sulfide) groups is 1. The van der Waals surface area contributed by atoms with Crippen LogP contribution in [0.1, 0.15) is 149 Å². The van der Waals surface area contributed by atoms with Crippen molar-refractivity contribution in [3.8, 4) is 11.5 Å². The summed E-state index contributed by atoms with van der Waals surface area (Å²) in [6.07, 6.45) is 0. The summed E-state index contributed by atoms with van der Waals surface area (Å²) >= 11 is 1.94. The lowest BCUT2D eigenvalue weighted by atomic mass is 9.77. The Labute approximate surface area is 290 Å². The molecule has 0 saturated carbocycles. The maximum absolute atomic E-state index is 11.6. The second-order valence-electron chi connectivity index (χ2n) is 17.6. The molecule has 0 spiro atoms. The van der Waals surface area contributed by atoms with Crippen molar-refractivity contribution in [2.75, 3.05) is 0 Å². The van der Waals surface area contributed by atoms with E-state index in [0.717, 1.165) is 22.3 Å². The van der Waals surface area contributed by atoms with Crippen LogP contribution in [0, 0.1) is 13.8 Å². The number of phenols is 2. The van der Waals surface area contributed by atoms with E-state index in [4.69, 9.17) is 0 Å². The van der Waals surface area contributed by atoms with Crippen LogP contribution < -0.4 is 0 Å². The van der Waals surface area contributed by atoms with Gasteiger partial charge in [-0.25, -0.2) is 0 Å². The molecule has 0 saturated heterocycles. The summed E-state index contributed by atoms with van der Waals surface area (Å²) in [6.45, 7) is 30.4. The van der Waals surface area contributed by atoms with Gasteiger partial charge in [0.25, 0.3) is 0 Å². The molecule has 2 unspecified atom stereocenters. The molecule has 0 aliphatic heterocycles. The zero-order chi connectivity index (χ0) is 35.3. The largest absolute Gasteiger partial charge is 0.507 e. The SMILES string of the molecule is Cc1ccc(C(SC(c2ccc(C)cc2)c2cc(C(C)(C)C)c(O)c(C(C)(C)C)c2)c2cc(C(C)(C)C)c(O)c(C(C)(C)C)c2)cc1. The van der Waals surface area contributed by atoms with Gasteiger partial charge in [-0.3, -0.25) is 0 Å². The molecular formula is C44H58O2S. The molecule has 0 bridgehead atoms. The van der Waals surface area contributed by atoms with E-state index in [2.05, 4.69) is 170 Å². The molecule has 3 heteroatoms. The fraction of sp³-hybridized carbons (Fsp3) is 0.455. The fourth-order valence-corrected chi connectivity index (χ4v) is 7.71. The van der Waals surface area contributed by atoms with Crippen molar-refractivity contribution in [1.82, 2.24) is 0 Å². The molecule has 0 aliphatic carbocycles. The first-order chi connectivity index (χ1) is 21.5. The van der Waals surface area contributed by atoms with Gasteiger partial charge in [0, 0.05) is 0 Å². The molecule has 0 heterocycles. The number of aryl methyl sites for hydroxylation is 2. The molecule has 4 rings (SSSR count). The monoisotopic (exact) mass is 650 g/mol. The predicted octanol–water partition coefficient (Wildman–Crippen LogP) is 12.5. The summed E-state index contributed by atoms with van der Waals surface area (Å²) in [5.74, 6) is 0.805. The number of rotatable bonds is 6. The molecule has 0 radical (unpaired) electrons. The minimum absolute atomic E-state index is 0.0188. The van der Waals surface area contributed by atoms with Gasteiger partial charge in [0.15, 0.2) is 0 Å². The minimum atomic E-state index is -0.237. The quantitative estimate of drug-likeness (QED) is 0.218. The van der Waals surface area contributed by atoms with Crippen LogP contribution in [0.25, 0.3) is 0 Å². The second-order valence-corrected chi connectivity index (χ2v) is 18.9. The van der Waals surface area contributed by atoms with Crippen molar-refractivity contribution < 1.29 is 10.2 Å². The number of hydrogen-bond acceptors (Lipinski definition) is 3. The third-order valence-corrected chi connectivity index (χ3v) is 10.8. The zero-order valence-electron chi connectivity index (χ0n) is 31.4. The van der Waals surface area contributed by atoms with Gasteiger partial charge in [0.2, 0.25) is 0 Å². The Balaban J connectivity index is 2.07. The van der Waals surface area contributed by atoms with Crippen LogP contribution in [-0.2, 0) is 21.7 Å². The molecule has 0 amide bonds. The first kappa shape index (κ1) is 36.7. The predicted molar refractivity (Wildman–Crippen MR) is 205 cm³/mol. The minimum Gasteiger partial charge on any atom is -0.507 e. The molecule has 0 aliphatic rings. The van der Waals surface area contributed by atoms with E-state index in [0.29, 0.717) is 11.5 Å². The average Bonchev–Trinajstić information content (AvgIpc) is 2.93. The Bertz CT molecular complexity index is 1500. The maximum Gasteiger partial charge on any atom is 0.123 e. The number of phenolic OH excluding ortho intramolecular Hbond substituents is 2. The average molecular weight is 651 g/mol. The second kappa shape index (κ2) is 13.0.